The number of nitrogens with zero attached hydrogens (tertiary/aromatic N) is 1. The van der Waals surface area contributed by atoms with Gasteiger partial charge in [0.2, 0.25) is 0 Å². The number of benzene rings is 2. The summed E-state index contributed by atoms with van der Waals surface area (Å²) in [5.41, 5.74) is 1.85. The van der Waals surface area contributed by atoms with Gasteiger partial charge in [0.1, 0.15) is 5.75 Å². The SMILES string of the molecule is COCCOCCCNC(=O)c1cc(S(=O)(=O)N2CCc3ccccc32)ccc1OC. The Hall–Kier alpha value is -2.62. The van der Waals surface area contributed by atoms with Crippen LogP contribution in [0.5, 0.6) is 5.75 Å². The molecule has 1 aliphatic rings. The summed E-state index contributed by atoms with van der Waals surface area (Å²) in [6.07, 6.45) is 1.28. The van der Waals surface area contributed by atoms with Crippen molar-refractivity contribution in [2.24, 2.45) is 0 Å². The molecule has 1 heterocycles. The molecule has 0 saturated carbocycles. The van der Waals surface area contributed by atoms with Crippen LogP contribution in [0.2, 0.25) is 0 Å². The number of sulfonamides is 1. The first-order valence-electron chi connectivity index (χ1n) is 10.1. The highest BCUT2D eigenvalue weighted by molar-refractivity contribution is 7.92. The van der Waals surface area contributed by atoms with E-state index in [2.05, 4.69) is 5.32 Å². The fraction of sp³-hybridized carbons (Fsp3) is 0.409. The number of fused-ring (bicyclic) bond motifs is 1. The molecule has 1 N–H and O–H groups in total. The van der Waals surface area contributed by atoms with Crippen molar-refractivity contribution in [3.63, 3.8) is 0 Å². The molecular weight excluding hydrogens is 420 g/mol. The third-order valence-corrected chi connectivity index (χ3v) is 6.84. The van der Waals surface area contributed by atoms with Gasteiger partial charge in [0.15, 0.2) is 0 Å². The first kappa shape index (κ1) is 23.1. The number of nitrogens with one attached hydrogen (secondary N) is 1. The molecule has 0 radical (unpaired) electrons. The standard InChI is InChI=1S/C22H28N2O6S/c1-28-14-15-30-13-5-11-23-22(25)19-16-18(8-9-21(19)29-2)31(26,27)24-12-10-17-6-3-4-7-20(17)24/h3-4,6-9,16H,5,10-15H2,1-2H3,(H,23,25). The van der Waals surface area contributed by atoms with E-state index in [9.17, 15) is 13.2 Å². The fourth-order valence-electron chi connectivity index (χ4n) is 3.43. The van der Waals surface area contributed by atoms with Crippen LogP contribution in [0.25, 0.3) is 0 Å². The quantitative estimate of drug-likeness (QED) is 0.530. The topological polar surface area (TPSA) is 94.2 Å². The predicted octanol–water partition coefficient (Wildman–Crippen LogP) is 2.23. The van der Waals surface area contributed by atoms with E-state index in [4.69, 9.17) is 14.2 Å². The third-order valence-electron chi connectivity index (χ3n) is 5.03. The van der Waals surface area contributed by atoms with Crippen molar-refractivity contribution in [3.05, 3.63) is 53.6 Å². The van der Waals surface area contributed by atoms with Crippen molar-refractivity contribution in [3.8, 4) is 5.75 Å². The van der Waals surface area contributed by atoms with Gasteiger partial charge in [-0.05, 0) is 42.7 Å². The summed E-state index contributed by atoms with van der Waals surface area (Å²) in [5.74, 6) is -0.0813. The van der Waals surface area contributed by atoms with Gasteiger partial charge in [-0.15, -0.1) is 0 Å². The summed E-state index contributed by atoms with van der Waals surface area (Å²) in [5, 5.41) is 2.79. The second kappa shape index (κ2) is 10.6. The minimum absolute atomic E-state index is 0.0538. The highest BCUT2D eigenvalue weighted by Crippen LogP contribution is 2.33. The lowest BCUT2D eigenvalue weighted by Crippen LogP contribution is -2.30. The van der Waals surface area contributed by atoms with Crippen LogP contribution in [-0.2, 0) is 25.9 Å². The van der Waals surface area contributed by atoms with Crippen LogP contribution in [-0.4, -0.2) is 61.5 Å². The van der Waals surface area contributed by atoms with Gasteiger partial charge in [-0.25, -0.2) is 8.42 Å². The normalized spacial score (nSPS) is 13.2. The molecule has 0 fully saturated rings. The van der Waals surface area contributed by atoms with Crippen LogP contribution >= 0.6 is 0 Å². The number of amides is 1. The average Bonchev–Trinajstić information content (AvgIpc) is 3.23. The van der Waals surface area contributed by atoms with Gasteiger partial charge in [-0.3, -0.25) is 9.10 Å². The molecule has 0 spiro atoms. The Kier molecular flexibility index (Phi) is 7.89. The number of ether oxygens (including phenoxy) is 3. The highest BCUT2D eigenvalue weighted by atomic mass is 32.2. The van der Waals surface area contributed by atoms with Gasteiger partial charge in [0, 0.05) is 26.8 Å². The maximum Gasteiger partial charge on any atom is 0.264 e. The smallest absolute Gasteiger partial charge is 0.264 e. The first-order chi connectivity index (χ1) is 15.0. The largest absolute Gasteiger partial charge is 0.496 e. The van der Waals surface area contributed by atoms with Gasteiger partial charge in [-0.2, -0.15) is 0 Å². The van der Waals surface area contributed by atoms with Crippen molar-refractivity contribution in [2.45, 2.75) is 17.7 Å². The molecule has 3 rings (SSSR count). The van der Waals surface area contributed by atoms with E-state index in [1.165, 1.54) is 29.6 Å². The van der Waals surface area contributed by atoms with Crippen LogP contribution in [0, 0.1) is 0 Å². The Balaban J connectivity index is 1.72. The van der Waals surface area contributed by atoms with Gasteiger partial charge < -0.3 is 19.5 Å². The molecule has 1 amide bonds. The van der Waals surface area contributed by atoms with Crippen molar-refractivity contribution < 1.29 is 27.4 Å². The lowest BCUT2D eigenvalue weighted by molar-refractivity contribution is 0.0688. The number of para-hydroxylation sites is 1. The minimum atomic E-state index is -3.81. The molecule has 168 valence electrons. The number of hydrogen-bond acceptors (Lipinski definition) is 6. The second-order valence-corrected chi connectivity index (χ2v) is 8.89. The molecular formula is C22H28N2O6S. The van der Waals surface area contributed by atoms with Crippen LogP contribution in [0.15, 0.2) is 47.4 Å². The van der Waals surface area contributed by atoms with E-state index in [0.29, 0.717) is 57.2 Å². The van der Waals surface area contributed by atoms with E-state index >= 15 is 0 Å². The molecule has 0 aliphatic carbocycles. The Morgan fingerprint density at radius 3 is 2.68 bits per heavy atom. The number of anilines is 1. The molecule has 0 saturated heterocycles. The Morgan fingerprint density at radius 1 is 1.10 bits per heavy atom. The van der Waals surface area contributed by atoms with Crippen LogP contribution in [0.4, 0.5) is 5.69 Å². The molecule has 2 aromatic carbocycles. The zero-order valence-electron chi connectivity index (χ0n) is 17.8. The molecule has 31 heavy (non-hydrogen) atoms. The molecule has 9 heteroatoms. The van der Waals surface area contributed by atoms with Crippen LogP contribution in [0.3, 0.4) is 0 Å². The Morgan fingerprint density at radius 2 is 1.90 bits per heavy atom. The molecule has 1 aliphatic heterocycles. The highest BCUT2D eigenvalue weighted by Gasteiger charge is 2.31. The zero-order chi connectivity index (χ0) is 22.3. The second-order valence-electron chi connectivity index (χ2n) is 7.03. The van der Waals surface area contributed by atoms with Gasteiger partial charge in [0.25, 0.3) is 15.9 Å². The maximum atomic E-state index is 13.3. The van der Waals surface area contributed by atoms with Gasteiger partial charge in [-0.1, -0.05) is 18.2 Å². The molecule has 0 unspecified atom stereocenters. The van der Waals surface area contributed by atoms with Gasteiger partial charge in [0.05, 0.1) is 36.5 Å². The summed E-state index contributed by atoms with van der Waals surface area (Å²) in [6, 6.07) is 11.8. The predicted molar refractivity (Wildman–Crippen MR) is 117 cm³/mol. The Bertz CT molecular complexity index is 1010. The number of methoxy groups -OCH3 is 2. The van der Waals surface area contributed by atoms with Crippen molar-refractivity contribution in [1.82, 2.24) is 5.32 Å². The van der Waals surface area contributed by atoms with Crippen molar-refractivity contribution in [2.75, 3.05) is 51.4 Å². The molecule has 2 aromatic rings. The summed E-state index contributed by atoms with van der Waals surface area (Å²) < 4.78 is 43.5. The monoisotopic (exact) mass is 448 g/mol. The van der Waals surface area contributed by atoms with E-state index in [0.717, 1.165) is 5.56 Å². The number of hydrogen-bond donors (Lipinski definition) is 1. The van der Waals surface area contributed by atoms with E-state index < -0.39 is 15.9 Å². The lowest BCUT2D eigenvalue weighted by Gasteiger charge is -2.20. The molecule has 0 atom stereocenters. The first-order valence-corrected chi connectivity index (χ1v) is 11.6. The third kappa shape index (κ3) is 5.36. The Labute approximate surface area is 183 Å². The van der Waals surface area contributed by atoms with Crippen LogP contribution < -0.4 is 14.4 Å². The number of carbonyl (C=O) groups excluding carboxylic acids is 1. The van der Waals surface area contributed by atoms with Gasteiger partial charge >= 0.3 is 0 Å². The van der Waals surface area contributed by atoms with Crippen molar-refractivity contribution >= 4 is 21.6 Å². The van der Waals surface area contributed by atoms with E-state index in [-0.39, 0.29) is 10.5 Å². The summed E-state index contributed by atoms with van der Waals surface area (Å²) >= 11 is 0. The van der Waals surface area contributed by atoms with Crippen molar-refractivity contribution in [1.29, 1.82) is 0 Å². The van der Waals surface area contributed by atoms with E-state index in [1.54, 1.807) is 13.2 Å². The van der Waals surface area contributed by atoms with Crippen LogP contribution in [0.1, 0.15) is 22.3 Å². The minimum Gasteiger partial charge on any atom is -0.496 e. The summed E-state index contributed by atoms with van der Waals surface area (Å²) in [6.45, 7) is 2.28. The van der Waals surface area contributed by atoms with E-state index in [1.807, 2.05) is 18.2 Å². The fourth-order valence-corrected chi connectivity index (χ4v) is 4.96. The number of rotatable bonds is 11. The zero-order valence-corrected chi connectivity index (χ0v) is 18.6. The molecule has 0 bridgehead atoms. The average molecular weight is 449 g/mol. The maximum absolute atomic E-state index is 13.3. The number of carbonyl (C=O) groups is 1. The summed E-state index contributed by atoms with van der Waals surface area (Å²) in [7, 11) is -0.755. The lowest BCUT2D eigenvalue weighted by atomic mass is 10.2. The summed E-state index contributed by atoms with van der Waals surface area (Å²) in [4.78, 5) is 12.8. The molecule has 0 aromatic heterocycles. The molecule has 8 nitrogen and oxygen atoms in total.